The van der Waals surface area contributed by atoms with Gasteiger partial charge in [0.2, 0.25) is 11.5 Å². The van der Waals surface area contributed by atoms with Gasteiger partial charge in [0.25, 0.3) is 0 Å². The predicted molar refractivity (Wildman–Crippen MR) is 82.4 cm³/mol. The number of aromatic amines is 1. The van der Waals surface area contributed by atoms with Crippen LogP contribution in [-0.4, -0.2) is 42.0 Å². The van der Waals surface area contributed by atoms with Gasteiger partial charge in [-0.2, -0.15) is 0 Å². The number of nitrogens with zero attached hydrogens (tertiary/aromatic N) is 2. The summed E-state index contributed by atoms with van der Waals surface area (Å²) < 4.78 is 0. The first-order valence-corrected chi connectivity index (χ1v) is 7.96. The van der Waals surface area contributed by atoms with Crippen LogP contribution in [0.1, 0.15) is 32.1 Å². The van der Waals surface area contributed by atoms with Crippen molar-refractivity contribution < 1.29 is 4.79 Å². The number of anilines is 1. The van der Waals surface area contributed by atoms with E-state index in [-0.39, 0.29) is 11.5 Å². The van der Waals surface area contributed by atoms with Gasteiger partial charge in [-0.05, 0) is 18.9 Å². The molecule has 1 saturated heterocycles. The van der Waals surface area contributed by atoms with Crippen LogP contribution in [0.5, 0.6) is 0 Å². The fourth-order valence-corrected chi connectivity index (χ4v) is 3.39. The molecule has 0 atom stereocenters. The number of hydrogen-bond donors (Lipinski definition) is 1. The third kappa shape index (κ3) is 3.28. The summed E-state index contributed by atoms with van der Waals surface area (Å²) in [5.74, 6) is 0.620. The molecule has 2 heterocycles. The van der Waals surface area contributed by atoms with E-state index in [9.17, 15) is 9.59 Å². The molecule has 1 aliphatic heterocycles. The molecule has 0 unspecified atom stereocenters. The number of carbonyl (C=O) groups is 1. The van der Waals surface area contributed by atoms with E-state index < -0.39 is 0 Å². The highest BCUT2D eigenvalue weighted by molar-refractivity contribution is 5.79. The molecule has 21 heavy (non-hydrogen) atoms. The van der Waals surface area contributed by atoms with Crippen LogP contribution in [0.2, 0.25) is 0 Å². The lowest BCUT2D eigenvalue weighted by Crippen LogP contribution is -2.50. The highest BCUT2D eigenvalue weighted by Gasteiger charge is 2.28. The molecule has 5 nitrogen and oxygen atoms in total. The summed E-state index contributed by atoms with van der Waals surface area (Å²) in [6.45, 7) is 3.25. The number of pyridine rings is 1. The zero-order valence-corrected chi connectivity index (χ0v) is 12.4. The van der Waals surface area contributed by atoms with Crippen molar-refractivity contribution in [2.45, 2.75) is 32.1 Å². The van der Waals surface area contributed by atoms with Crippen LogP contribution >= 0.6 is 0 Å². The second-order valence-corrected chi connectivity index (χ2v) is 6.06. The molecular formula is C16H23N3O2. The van der Waals surface area contributed by atoms with Crippen LogP contribution in [-0.2, 0) is 4.79 Å². The normalized spacial score (nSPS) is 20.6. The first-order valence-electron chi connectivity index (χ1n) is 7.96. The molecule has 0 bridgehead atoms. The quantitative estimate of drug-likeness (QED) is 0.900. The Kier molecular flexibility index (Phi) is 4.27. The van der Waals surface area contributed by atoms with Crippen LogP contribution in [0.3, 0.4) is 0 Å². The van der Waals surface area contributed by atoms with Crippen LogP contribution in [0.25, 0.3) is 0 Å². The van der Waals surface area contributed by atoms with E-state index in [1.54, 1.807) is 12.3 Å². The topological polar surface area (TPSA) is 56.4 Å². The minimum atomic E-state index is -0.0788. The maximum absolute atomic E-state index is 12.5. The number of H-pyrrole nitrogens is 1. The summed E-state index contributed by atoms with van der Waals surface area (Å²) in [5, 5.41) is 0. The van der Waals surface area contributed by atoms with Gasteiger partial charge in [-0.25, -0.2) is 0 Å². The van der Waals surface area contributed by atoms with Gasteiger partial charge in [0.05, 0.1) is 5.69 Å². The third-order valence-corrected chi connectivity index (χ3v) is 4.68. The summed E-state index contributed by atoms with van der Waals surface area (Å²) >= 11 is 0. The zero-order valence-electron chi connectivity index (χ0n) is 12.4. The number of rotatable bonds is 2. The molecule has 1 aromatic heterocycles. The molecule has 2 aliphatic rings. The number of amides is 1. The highest BCUT2D eigenvalue weighted by atomic mass is 16.2. The summed E-state index contributed by atoms with van der Waals surface area (Å²) in [6.07, 6.45) is 7.57. The average molecular weight is 289 g/mol. The Bertz CT molecular complexity index is 520. The second kappa shape index (κ2) is 6.33. The maximum Gasteiger partial charge on any atom is 0.248 e. The minimum Gasteiger partial charge on any atom is -0.367 e. The molecule has 0 spiro atoms. The highest BCUT2D eigenvalue weighted by Crippen LogP contribution is 2.26. The van der Waals surface area contributed by atoms with Gasteiger partial charge in [-0.3, -0.25) is 9.59 Å². The van der Waals surface area contributed by atoms with E-state index in [0.29, 0.717) is 5.91 Å². The third-order valence-electron chi connectivity index (χ3n) is 4.68. The monoisotopic (exact) mass is 289 g/mol. The molecule has 0 aromatic carbocycles. The maximum atomic E-state index is 12.5. The molecule has 1 aromatic rings. The van der Waals surface area contributed by atoms with Gasteiger partial charge in [-0.15, -0.1) is 0 Å². The number of nitrogens with one attached hydrogen (secondary N) is 1. The number of piperazine rings is 1. The van der Waals surface area contributed by atoms with Crippen molar-refractivity contribution in [2.75, 3.05) is 31.1 Å². The fourth-order valence-electron chi connectivity index (χ4n) is 3.39. The number of aromatic nitrogens is 1. The van der Waals surface area contributed by atoms with E-state index in [0.717, 1.165) is 44.7 Å². The number of carbonyl (C=O) groups excluding carboxylic acids is 1. The summed E-state index contributed by atoms with van der Waals surface area (Å²) in [7, 11) is 0. The van der Waals surface area contributed by atoms with E-state index in [4.69, 9.17) is 0 Å². The van der Waals surface area contributed by atoms with Gasteiger partial charge in [-0.1, -0.05) is 19.3 Å². The Morgan fingerprint density at radius 3 is 2.38 bits per heavy atom. The van der Waals surface area contributed by atoms with Crippen molar-refractivity contribution in [2.24, 2.45) is 5.92 Å². The Morgan fingerprint density at radius 1 is 1.05 bits per heavy atom. The van der Waals surface area contributed by atoms with Crippen LogP contribution in [0.4, 0.5) is 5.69 Å². The zero-order chi connectivity index (χ0) is 14.7. The molecule has 0 radical (unpaired) electrons. The predicted octanol–water partition coefficient (Wildman–Crippen LogP) is 1.60. The van der Waals surface area contributed by atoms with Crippen LogP contribution < -0.4 is 10.5 Å². The molecule has 1 saturated carbocycles. The van der Waals surface area contributed by atoms with E-state index in [2.05, 4.69) is 9.88 Å². The largest absolute Gasteiger partial charge is 0.367 e. The fraction of sp³-hybridized carbons (Fsp3) is 0.625. The van der Waals surface area contributed by atoms with Gasteiger partial charge in [0.1, 0.15) is 0 Å². The minimum absolute atomic E-state index is 0.0788. The summed E-state index contributed by atoms with van der Waals surface area (Å²) in [4.78, 5) is 30.5. The summed E-state index contributed by atoms with van der Waals surface area (Å²) in [5.41, 5.74) is 0.948. The van der Waals surface area contributed by atoms with Crippen molar-refractivity contribution in [3.05, 3.63) is 28.7 Å². The second-order valence-electron chi connectivity index (χ2n) is 6.06. The van der Waals surface area contributed by atoms with Crippen molar-refractivity contribution in [3.63, 3.8) is 0 Å². The lowest BCUT2D eigenvalue weighted by Gasteiger charge is -2.38. The van der Waals surface area contributed by atoms with Gasteiger partial charge < -0.3 is 14.8 Å². The molecule has 114 valence electrons. The Labute approximate surface area is 124 Å². The van der Waals surface area contributed by atoms with Crippen molar-refractivity contribution in [3.8, 4) is 0 Å². The molecular weight excluding hydrogens is 266 g/mol. The lowest BCUT2D eigenvalue weighted by molar-refractivity contribution is -0.136. The molecule has 3 rings (SSSR count). The van der Waals surface area contributed by atoms with E-state index in [1.165, 1.54) is 19.3 Å². The lowest BCUT2D eigenvalue weighted by atomic mass is 9.88. The molecule has 5 heteroatoms. The van der Waals surface area contributed by atoms with Crippen molar-refractivity contribution >= 4 is 11.6 Å². The van der Waals surface area contributed by atoms with Crippen LogP contribution in [0, 0.1) is 5.92 Å². The number of hydrogen-bond acceptors (Lipinski definition) is 3. The Balaban J connectivity index is 1.56. The summed E-state index contributed by atoms with van der Waals surface area (Å²) in [6, 6.07) is 3.40. The van der Waals surface area contributed by atoms with Crippen molar-refractivity contribution in [1.82, 2.24) is 9.88 Å². The van der Waals surface area contributed by atoms with Crippen molar-refractivity contribution in [1.29, 1.82) is 0 Å². The van der Waals surface area contributed by atoms with E-state index in [1.807, 2.05) is 11.0 Å². The van der Waals surface area contributed by atoms with Gasteiger partial charge in [0.15, 0.2) is 0 Å². The first-order chi connectivity index (χ1) is 10.2. The SMILES string of the molecule is O=C(C1CCCCC1)N1CCN(c2ccc(=O)[nH]c2)CC1. The molecule has 1 N–H and O–H groups in total. The first kappa shape index (κ1) is 14.2. The smallest absolute Gasteiger partial charge is 0.248 e. The Morgan fingerprint density at radius 2 is 1.76 bits per heavy atom. The average Bonchev–Trinajstić information content (AvgIpc) is 2.56. The van der Waals surface area contributed by atoms with Gasteiger partial charge in [0, 0.05) is 44.4 Å². The van der Waals surface area contributed by atoms with Gasteiger partial charge >= 0.3 is 0 Å². The van der Waals surface area contributed by atoms with E-state index >= 15 is 0 Å². The standard InChI is InChI=1S/C16H23N3O2/c20-15-7-6-14(12-17-15)18-8-10-19(11-9-18)16(21)13-4-2-1-3-5-13/h6-7,12-13H,1-5,8-11H2,(H,17,20). The molecule has 1 amide bonds. The molecule has 1 aliphatic carbocycles. The molecule has 2 fully saturated rings. The Hall–Kier alpha value is -1.78. The van der Waals surface area contributed by atoms with Crippen LogP contribution in [0.15, 0.2) is 23.1 Å².